The van der Waals surface area contributed by atoms with Crippen molar-refractivity contribution in [2.75, 3.05) is 11.5 Å². The first kappa shape index (κ1) is 18.5. The van der Waals surface area contributed by atoms with Gasteiger partial charge in [-0.25, -0.2) is 9.97 Å². The molecule has 7 heteroatoms. The van der Waals surface area contributed by atoms with E-state index in [-0.39, 0.29) is 11.7 Å². The van der Waals surface area contributed by atoms with Crippen molar-refractivity contribution in [1.82, 2.24) is 15.3 Å². The third-order valence-electron chi connectivity index (χ3n) is 4.19. The topological polar surface area (TPSA) is 80.9 Å². The van der Waals surface area contributed by atoms with Crippen LogP contribution in [0.15, 0.2) is 71.2 Å². The number of carbonyl (C=O) groups is 1. The fraction of sp³-hybridized carbons (Fsp3) is 0.0952. The maximum atomic E-state index is 12.1. The normalized spacial score (nSPS) is 10.9. The molecule has 0 aliphatic rings. The van der Waals surface area contributed by atoms with Crippen LogP contribution in [-0.2, 0) is 11.3 Å². The van der Waals surface area contributed by atoms with E-state index >= 15 is 0 Å². The van der Waals surface area contributed by atoms with Gasteiger partial charge in [0.15, 0.2) is 5.16 Å². The van der Waals surface area contributed by atoms with E-state index in [1.807, 2.05) is 66.0 Å². The summed E-state index contributed by atoms with van der Waals surface area (Å²) < 4.78 is 0. The van der Waals surface area contributed by atoms with Gasteiger partial charge < -0.3 is 11.1 Å². The second-order valence-corrected chi connectivity index (χ2v) is 7.94. The minimum atomic E-state index is -0.0627. The van der Waals surface area contributed by atoms with Gasteiger partial charge in [-0.05, 0) is 11.1 Å². The van der Waals surface area contributed by atoms with Gasteiger partial charge in [0.2, 0.25) is 5.91 Å². The molecule has 0 atom stereocenters. The number of nitrogens with zero attached hydrogens (tertiary/aromatic N) is 2. The first-order valence-corrected chi connectivity index (χ1v) is 10.6. The minimum absolute atomic E-state index is 0.0627. The molecule has 0 aliphatic carbocycles. The van der Waals surface area contributed by atoms with Crippen molar-refractivity contribution in [1.29, 1.82) is 0 Å². The number of rotatable bonds is 6. The number of hydrogen-bond donors (Lipinski definition) is 2. The molecule has 28 heavy (non-hydrogen) atoms. The van der Waals surface area contributed by atoms with E-state index in [1.54, 1.807) is 0 Å². The van der Waals surface area contributed by atoms with Gasteiger partial charge in [-0.15, -0.1) is 11.3 Å². The van der Waals surface area contributed by atoms with Crippen LogP contribution in [-0.4, -0.2) is 21.6 Å². The number of carbonyl (C=O) groups excluding carboxylic acids is 1. The van der Waals surface area contributed by atoms with Crippen LogP contribution in [0.5, 0.6) is 0 Å². The lowest BCUT2D eigenvalue weighted by molar-refractivity contribution is -0.118. The predicted octanol–water partition coefficient (Wildman–Crippen LogP) is 4.35. The molecule has 0 fully saturated rings. The zero-order valence-corrected chi connectivity index (χ0v) is 16.6. The Bertz CT molecular complexity index is 1100. The number of thiophene rings is 1. The number of aromatic nitrogens is 2. The minimum Gasteiger partial charge on any atom is -0.383 e. The average molecular weight is 407 g/mol. The molecule has 140 valence electrons. The average Bonchev–Trinajstić information content (AvgIpc) is 3.17. The Kier molecular flexibility index (Phi) is 5.55. The number of thioether (sulfide) groups is 1. The lowest BCUT2D eigenvalue weighted by Gasteiger charge is -2.06. The monoisotopic (exact) mass is 406 g/mol. The second kappa shape index (κ2) is 8.41. The van der Waals surface area contributed by atoms with Gasteiger partial charge in [0.05, 0.1) is 11.1 Å². The molecular formula is C21H18N4OS2. The van der Waals surface area contributed by atoms with Crippen LogP contribution in [0.2, 0.25) is 0 Å². The molecule has 4 rings (SSSR count). The van der Waals surface area contributed by atoms with Crippen molar-refractivity contribution in [3.05, 3.63) is 71.6 Å². The highest BCUT2D eigenvalue weighted by atomic mass is 32.2. The Labute approximate surface area is 171 Å². The standard InChI is InChI=1S/C21H18N4OS2/c22-19-18-16(15-9-5-2-6-10-15)12-27-20(18)25-21(24-19)28-13-17(26)23-11-14-7-3-1-4-8-14/h1-10,12H,11,13H2,(H,23,26)(H2,22,24,25). The van der Waals surface area contributed by atoms with Crippen LogP contribution in [0.1, 0.15) is 5.56 Å². The van der Waals surface area contributed by atoms with Gasteiger partial charge in [0, 0.05) is 17.5 Å². The van der Waals surface area contributed by atoms with Crippen molar-refractivity contribution in [3.8, 4) is 11.1 Å². The van der Waals surface area contributed by atoms with Gasteiger partial charge in [-0.2, -0.15) is 0 Å². The van der Waals surface area contributed by atoms with Crippen LogP contribution in [0.25, 0.3) is 21.3 Å². The molecule has 2 heterocycles. The molecule has 3 N–H and O–H groups in total. The molecule has 0 aliphatic heterocycles. The van der Waals surface area contributed by atoms with Crippen LogP contribution in [0.3, 0.4) is 0 Å². The number of hydrogen-bond acceptors (Lipinski definition) is 6. The lowest BCUT2D eigenvalue weighted by Crippen LogP contribution is -2.24. The number of nitrogens with one attached hydrogen (secondary N) is 1. The summed E-state index contributed by atoms with van der Waals surface area (Å²) in [6.45, 7) is 0.508. The molecule has 0 radical (unpaired) electrons. The van der Waals surface area contributed by atoms with E-state index < -0.39 is 0 Å². The molecule has 0 saturated carbocycles. The molecule has 0 unspecified atom stereocenters. The van der Waals surface area contributed by atoms with Crippen molar-refractivity contribution >= 4 is 45.0 Å². The molecular weight excluding hydrogens is 388 g/mol. The zero-order valence-electron chi connectivity index (χ0n) is 15.0. The summed E-state index contributed by atoms with van der Waals surface area (Å²) in [5.74, 6) is 0.624. The number of amides is 1. The molecule has 0 bridgehead atoms. The van der Waals surface area contributed by atoms with Crippen molar-refractivity contribution in [2.45, 2.75) is 11.7 Å². The summed E-state index contributed by atoms with van der Waals surface area (Å²) in [4.78, 5) is 21.9. The highest BCUT2D eigenvalue weighted by molar-refractivity contribution is 7.99. The van der Waals surface area contributed by atoms with Crippen molar-refractivity contribution in [2.24, 2.45) is 0 Å². The molecule has 0 saturated heterocycles. The third kappa shape index (κ3) is 4.16. The number of nitrogen functional groups attached to an aromatic ring is 1. The summed E-state index contributed by atoms with van der Waals surface area (Å²) in [5, 5.41) is 6.33. The summed E-state index contributed by atoms with van der Waals surface area (Å²) in [6, 6.07) is 19.9. The van der Waals surface area contributed by atoms with E-state index in [1.165, 1.54) is 23.1 Å². The van der Waals surface area contributed by atoms with Gasteiger partial charge in [0.1, 0.15) is 10.6 Å². The van der Waals surface area contributed by atoms with E-state index in [9.17, 15) is 4.79 Å². The van der Waals surface area contributed by atoms with Crippen molar-refractivity contribution in [3.63, 3.8) is 0 Å². The number of benzene rings is 2. The quantitative estimate of drug-likeness (QED) is 0.368. The van der Waals surface area contributed by atoms with E-state index in [4.69, 9.17) is 5.73 Å². The Hall–Kier alpha value is -2.90. The fourth-order valence-corrected chi connectivity index (χ4v) is 4.51. The molecule has 5 nitrogen and oxygen atoms in total. The second-order valence-electron chi connectivity index (χ2n) is 6.14. The van der Waals surface area contributed by atoms with Crippen molar-refractivity contribution < 1.29 is 4.79 Å². The maximum Gasteiger partial charge on any atom is 0.230 e. The summed E-state index contributed by atoms with van der Waals surface area (Å²) in [7, 11) is 0. The van der Waals surface area contributed by atoms with Crippen LogP contribution >= 0.6 is 23.1 Å². The van der Waals surface area contributed by atoms with Crippen LogP contribution in [0.4, 0.5) is 5.82 Å². The maximum absolute atomic E-state index is 12.1. The highest BCUT2D eigenvalue weighted by Gasteiger charge is 2.14. The molecule has 2 aromatic carbocycles. The Morgan fingerprint density at radius 3 is 2.50 bits per heavy atom. The van der Waals surface area contributed by atoms with Gasteiger partial charge in [-0.3, -0.25) is 4.79 Å². The molecule has 0 spiro atoms. The Balaban J connectivity index is 1.44. The van der Waals surface area contributed by atoms with E-state index in [2.05, 4.69) is 15.3 Å². The first-order valence-electron chi connectivity index (χ1n) is 8.74. The lowest BCUT2D eigenvalue weighted by atomic mass is 10.1. The highest BCUT2D eigenvalue weighted by Crippen LogP contribution is 2.36. The summed E-state index contributed by atoms with van der Waals surface area (Å²) >= 11 is 2.82. The molecule has 4 aromatic rings. The van der Waals surface area contributed by atoms with Gasteiger partial charge in [-0.1, -0.05) is 72.4 Å². The first-order chi connectivity index (χ1) is 13.7. The third-order valence-corrected chi connectivity index (χ3v) is 5.91. The van der Waals surface area contributed by atoms with Crippen LogP contribution in [0, 0.1) is 0 Å². The number of nitrogens with two attached hydrogens (primary N) is 1. The van der Waals surface area contributed by atoms with Crippen LogP contribution < -0.4 is 11.1 Å². The van der Waals surface area contributed by atoms with Gasteiger partial charge >= 0.3 is 0 Å². The van der Waals surface area contributed by atoms with E-state index in [0.29, 0.717) is 17.5 Å². The smallest absolute Gasteiger partial charge is 0.230 e. The predicted molar refractivity (Wildman–Crippen MR) is 116 cm³/mol. The van der Waals surface area contributed by atoms with E-state index in [0.717, 1.165) is 26.9 Å². The summed E-state index contributed by atoms with van der Waals surface area (Å²) in [5.41, 5.74) is 9.41. The van der Waals surface area contributed by atoms with Gasteiger partial charge in [0.25, 0.3) is 0 Å². The number of fused-ring (bicyclic) bond motifs is 1. The molecule has 2 aromatic heterocycles. The molecule has 1 amide bonds. The fourth-order valence-electron chi connectivity index (χ4n) is 2.82. The largest absolute Gasteiger partial charge is 0.383 e. The zero-order chi connectivity index (χ0) is 19.3. The SMILES string of the molecule is Nc1nc(SCC(=O)NCc2ccccc2)nc2scc(-c3ccccc3)c12. The summed E-state index contributed by atoms with van der Waals surface area (Å²) in [6.07, 6.45) is 0. The number of anilines is 1. The Morgan fingerprint density at radius 2 is 1.75 bits per heavy atom. The Morgan fingerprint density at radius 1 is 1.04 bits per heavy atom.